The summed E-state index contributed by atoms with van der Waals surface area (Å²) in [6, 6.07) is 15.1. The van der Waals surface area contributed by atoms with Crippen molar-refractivity contribution in [2.75, 3.05) is 0 Å². The Balaban J connectivity index is 2.15. The number of amides is 2. The molecule has 0 saturated carbocycles. The van der Waals surface area contributed by atoms with Crippen molar-refractivity contribution in [3.8, 4) is 0 Å². The summed E-state index contributed by atoms with van der Waals surface area (Å²) in [4.78, 5) is 27.5. The van der Waals surface area contributed by atoms with Gasteiger partial charge in [0, 0.05) is 24.0 Å². The Morgan fingerprint density at radius 1 is 1.07 bits per heavy atom. The van der Waals surface area contributed by atoms with E-state index in [0.717, 1.165) is 23.1 Å². The van der Waals surface area contributed by atoms with E-state index in [1.165, 1.54) is 0 Å². The first-order valence-corrected chi connectivity index (χ1v) is 10.6. The molecule has 29 heavy (non-hydrogen) atoms. The van der Waals surface area contributed by atoms with Gasteiger partial charge in [-0.25, -0.2) is 0 Å². The first kappa shape index (κ1) is 23.0. The Labute approximate surface area is 179 Å². The van der Waals surface area contributed by atoms with Crippen molar-refractivity contribution in [1.29, 1.82) is 0 Å². The minimum absolute atomic E-state index is 0.0581. The van der Waals surface area contributed by atoms with Gasteiger partial charge in [0.2, 0.25) is 11.8 Å². The molecule has 1 N–H and O–H groups in total. The maximum Gasteiger partial charge on any atom is 0.242 e. The largest absolute Gasteiger partial charge is 0.352 e. The number of nitrogens with zero attached hydrogens (tertiary/aromatic N) is 1. The van der Waals surface area contributed by atoms with Gasteiger partial charge in [0.05, 0.1) is 0 Å². The van der Waals surface area contributed by atoms with E-state index in [-0.39, 0.29) is 17.9 Å². The van der Waals surface area contributed by atoms with Crippen molar-refractivity contribution in [2.24, 2.45) is 0 Å². The molecule has 2 aromatic carbocycles. The van der Waals surface area contributed by atoms with Crippen LogP contribution in [0.2, 0.25) is 5.02 Å². The standard InChI is InChI=1S/C24H31ClN2O2/c1-5-18(3)26-24(29)19(4)27(16-20-12-10-17(2)11-13-20)23(28)15-14-21-8-6-7-9-22(21)25/h6-13,18-19H,5,14-16H2,1-4H3,(H,26,29)/t18-,19+/m0/s1. The SMILES string of the molecule is CC[C@H](C)NC(=O)[C@@H](C)N(Cc1ccc(C)cc1)C(=O)CCc1ccccc1Cl. The molecule has 5 heteroatoms. The Hall–Kier alpha value is -2.33. The zero-order valence-electron chi connectivity index (χ0n) is 17.7. The highest BCUT2D eigenvalue weighted by atomic mass is 35.5. The third kappa shape index (κ3) is 6.90. The summed E-state index contributed by atoms with van der Waals surface area (Å²) in [5.41, 5.74) is 3.10. The van der Waals surface area contributed by atoms with E-state index >= 15 is 0 Å². The van der Waals surface area contributed by atoms with Crippen LogP contribution >= 0.6 is 11.6 Å². The van der Waals surface area contributed by atoms with Gasteiger partial charge in [-0.3, -0.25) is 9.59 Å². The number of nitrogens with one attached hydrogen (secondary N) is 1. The van der Waals surface area contributed by atoms with Crippen molar-refractivity contribution in [1.82, 2.24) is 10.2 Å². The molecule has 0 aromatic heterocycles. The Bertz CT molecular complexity index is 820. The zero-order valence-corrected chi connectivity index (χ0v) is 18.5. The highest BCUT2D eigenvalue weighted by molar-refractivity contribution is 6.31. The summed E-state index contributed by atoms with van der Waals surface area (Å²) in [5.74, 6) is -0.185. The fourth-order valence-corrected chi connectivity index (χ4v) is 3.25. The number of carbonyl (C=O) groups is 2. The van der Waals surface area contributed by atoms with E-state index in [1.807, 2.05) is 69.3 Å². The molecule has 0 fully saturated rings. The molecule has 0 heterocycles. The predicted molar refractivity (Wildman–Crippen MR) is 119 cm³/mol. The fourth-order valence-electron chi connectivity index (χ4n) is 3.02. The molecule has 2 rings (SSSR count). The van der Waals surface area contributed by atoms with E-state index in [1.54, 1.807) is 11.8 Å². The summed E-state index contributed by atoms with van der Waals surface area (Å²) in [7, 11) is 0. The molecule has 2 atom stereocenters. The molecule has 156 valence electrons. The lowest BCUT2D eigenvalue weighted by Gasteiger charge is -2.30. The molecule has 0 aliphatic heterocycles. The van der Waals surface area contributed by atoms with Crippen LogP contribution in [0.25, 0.3) is 0 Å². The zero-order chi connectivity index (χ0) is 21.4. The molecule has 0 unspecified atom stereocenters. The van der Waals surface area contributed by atoms with Gasteiger partial charge in [-0.2, -0.15) is 0 Å². The van der Waals surface area contributed by atoms with E-state index in [4.69, 9.17) is 11.6 Å². The minimum atomic E-state index is -0.552. The van der Waals surface area contributed by atoms with E-state index < -0.39 is 6.04 Å². The van der Waals surface area contributed by atoms with Gasteiger partial charge in [-0.1, -0.05) is 66.6 Å². The summed E-state index contributed by atoms with van der Waals surface area (Å²) in [6.07, 6.45) is 1.69. The lowest BCUT2D eigenvalue weighted by Crippen LogP contribution is -2.49. The van der Waals surface area contributed by atoms with Crippen LogP contribution in [0.15, 0.2) is 48.5 Å². The second kappa shape index (κ2) is 11.0. The van der Waals surface area contributed by atoms with Gasteiger partial charge < -0.3 is 10.2 Å². The van der Waals surface area contributed by atoms with Crippen molar-refractivity contribution >= 4 is 23.4 Å². The van der Waals surface area contributed by atoms with Crippen molar-refractivity contribution < 1.29 is 9.59 Å². The summed E-state index contributed by atoms with van der Waals surface area (Å²) < 4.78 is 0. The number of carbonyl (C=O) groups excluding carboxylic acids is 2. The van der Waals surface area contributed by atoms with E-state index in [9.17, 15) is 9.59 Å². The van der Waals surface area contributed by atoms with Crippen LogP contribution < -0.4 is 5.32 Å². The van der Waals surface area contributed by atoms with Gasteiger partial charge in [0.25, 0.3) is 0 Å². The molecular weight excluding hydrogens is 384 g/mol. The maximum atomic E-state index is 13.1. The molecule has 0 bridgehead atoms. The summed E-state index contributed by atoms with van der Waals surface area (Å²) in [5, 5.41) is 3.65. The van der Waals surface area contributed by atoms with Crippen LogP contribution in [0.1, 0.15) is 50.3 Å². The van der Waals surface area contributed by atoms with Crippen molar-refractivity contribution in [3.63, 3.8) is 0 Å². The van der Waals surface area contributed by atoms with Gasteiger partial charge in [0.15, 0.2) is 0 Å². The van der Waals surface area contributed by atoms with Crippen LogP contribution in [-0.2, 0) is 22.6 Å². The molecule has 0 spiro atoms. The third-order valence-electron chi connectivity index (χ3n) is 5.21. The second-order valence-corrected chi connectivity index (χ2v) is 8.00. The Morgan fingerprint density at radius 2 is 1.72 bits per heavy atom. The number of aryl methyl sites for hydroxylation is 2. The van der Waals surface area contributed by atoms with E-state index in [0.29, 0.717) is 24.4 Å². The maximum absolute atomic E-state index is 13.1. The number of hydrogen-bond donors (Lipinski definition) is 1. The van der Waals surface area contributed by atoms with Crippen LogP contribution in [0.4, 0.5) is 0 Å². The van der Waals surface area contributed by atoms with Crippen LogP contribution in [0.3, 0.4) is 0 Å². The lowest BCUT2D eigenvalue weighted by molar-refractivity contribution is -0.140. The number of rotatable bonds is 9. The monoisotopic (exact) mass is 414 g/mol. The average molecular weight is 415 g/mol. The highest BCUT2D eigenvalue weighted by Gasteiger charge is 2.26. The first-order valence-electron chi connectivity index (χ1n) is 10.2. The quantitative estimate of drug-likeness (QED) is 0.633. The normalized spacial score (nSPS) is 12.9. The molecule has 0 radical (unpaired) electrons. The average Bonchev–Trinajstić information content (AvgIpc) is 2.71. The molecule has 0 aliphatic carbocycles. The molecule has 0 saturated heterocycles. The molecular formula is C24H31ClN2O2. The van der Waals surface area contributed by atoms with Crippen molar-refractivity contribution in [2.45, 2.75) is 65.6 Å². The number of halogens is 1. The molecule has 2 amide bonds. The van der Waals surface area contributed by atoms with Gasteiger partial charge in [-0.05, 0) is 50.8 Å². The van der Waals surface area contributed by atoms with E-state index in [2.05, 4.69) is 5.32 Å². The van der Waals surface area contributed by atoms with Crippen LogP contribution in [-0.4, -0.2) is 28.8 Å². The Kier molecular flexibility index (Phi) is 8.71. The van der Waals surface area contributed by atoms with Gasteiger partial charge in [-0.15, -0.1) is 0 Å². The van der Waals surface area contributed by atoms with Crippen molar-refractivity contribution in [3.05, 3.63) is 70.2 Å². The smallest absolute Gasteiger partial charge is 0.242 e. The topological polar surface area (TPSA) is 49.4 Å². The second-order valence-electron chi connectivity index (χ2n) is 7.59. The first-order chi connectivity index (χ1) is 13.8. The highest BCUT2D eigenvalue weighted by Crippen LogP contribution is 2.18. The Morgan fingerprint density at radius 3 is 2.34 bits per heavy atom. The van der Waals surface area contributed by atoms with Gasteiger partial charge >= 0.3 is 0 Å². The lowest BCUT2D eigenvalue weighted by atomic mass is 10.1. The minimum Gasteiger partial charge on any atom is -0.352 e. The van der Waals surface area contributed by atoms with Crippen LogP contribution in [0, 0.1) is 6.92 Å². The van der Waals surface area contributed by atoms with Gasteiger partial charge in [0.1, 0.15) is 6.04 Å². The third-order valence-corrected chi connectivity index (χ3v) is 5.58. The number of hydrogen-bond acceptors (Lipinski definition) is 2. The molecule has 4 nitrogen and oxygen atoms in total. The fraction of sp³-hybridized carbons (Fsp3) is 0.417. The number of benzene rings is 2. The van der Waals surface area contributed by atoms with Crippen LogP contribution in [0.5, 0.6) is 0 Å². The molecule has 2 aromatic rings. The molecule has 0 aliphatic rings. The summed E-state index contributed by atoms with van der Waals surface area (Å²) in [6.45, 7) is 8.21. The predicted octanol–water partition coefficient (Wildman–Crippen LogP) is 4.91. The summed E-state index contributed by atoms with van der Waals surface area (Å²) >= 11 is 6.23.